The summed E-state index contributed by atoms with van der Waals surface area (Å²) in [6.07, 6.45) is 1.61. The van der Waals surface area contributed by atoms with Gasteiger partial charge in [0.2, 0.25) is 0 Å². The van der Waals surface area contributed by atoms with Crippen molar-refractivity contribution in [2.75, 3.05) is 20.1 Å². The third kappa shape index (κ3) is 4.47. The Kier molecular flexibility index (Phi) is 6.20. The summed E-state index contributed by atoms with van der Waals surface area (Å²) in [5.74, 6) is -0.805. The number of nitrogens with zero attached hydrogens (tertiary/aromatic N) is 2. The number of carboxylic acids is 1. The summed E-state index contributed by atoms with van der Waals surface area (Å²) in [4.78, 5) is 26.9. The molecule has 1 aliphatic rings. The Hall–Kier alpha value is -2.08. The number of benzene rings is 1. The molecule has 24 heavy (non-hydrogen) atoms. The fraction of sp³-hybridized carbons (Fsp3) is 0.556. The lowest BCUT2D eigenvalue weighted by atomic mass is 9.85. The molecule has 2 N–H and O–H groups in total. The third-order valence-corrected chi connectivity index (χ3v) is 4.88. The van der Waals surface area contributed by atoms with Crippen LogP contribution in [0, 0.1) is 0 Å². The van der Waals surface area contributed by atoms with E-state index in [4.69, 9.17) is 5.11 Å². The van der Waals surface area contributed by atoms with Crippen molar-refractivity contribution in [1.29, 1.82) is 0 Å². The maximum Gasteiger partial charge on any atom is 0.317 e. The van der Waals surface area contributed by atoms with E-state index in [1.807, 2.05) is 49.1 Å². The van der Waals surface area contributed by atoms with Crippen molar-refractivity contribution < 1.29 is 14.7 Å². The Balaban J connectivity index is 1.80. The Bertz CT molecular complexity index is 558. The van der Waals surface area contributed by atoms with Gasteiger partial charge in [0.15, 0.2) is 0 Å². The second-order valence-corrected chi connectivity index (χ2v) is 6.43. The fourth-order valence-corrected chi connectivity index (χ4v) is 3.08. The molecular formula is C18H27N3O3. The van der Waals surface area contributed by atoms with Crippen LogP contribution in [-0.4, -0.2) is 59.1 Å². The number of hydrogen-bond acceptors (Lipinski definition) is 3. The number of aliphatic carboxylic acids is 1. The number of rotatable bonds is 7. The Morgan fingerprint density at radius 3 is 2.46 bits per heavy atom. The number of urea groups is 1. The third-order valence-electron chi connectivity index (χ3n) is 4.88. The van der Waals surface area contributed by atoms with Gasteiger partial charge in [-0.1, -0.05) is 37.3 Å². The fourth-order valence-electron chi connectivity index (χ4n) is 3.08. The minimum atomic E-state index is -0.805. The van der Waals surface area contributed by atoms with Crippen LogP contribution in [-0.2, 0) is 4.79 Å². The molecule has 1 aromatic rings. The van der Waals surface area contributed by atoms with Gasteiger partial charge in [-0.2, -0.15) is 0 Å². The van der Waals surface area contributed by atoms with Crippen molar-refractivity contribution in [1.82, 2.24) is 15.1 Å². The van der Waals surface area contributed by atoms with Crippen LogP contribution in [0.3, 0.4) is 0 Å². The van der Waals surface area contributed by atoms with Crippen molar-refractivity contribution in [3.8, 4) is 0 Å². The quantitative estimate of drug-likeness (QED) is 0.803. The first kappa shape index (κ1) is 18.3. The molecule has 2 rings (SSSR count). The van der Waals surface area contributed by atoms with Crippen molar-refractivity contribution in [2.24, 2.45) is 0 Å². The van der Waals surface area contributed by atoms with Crippen molar-refractivity contribution in [3.63, 3.8) is 0 Å². The van der Waals surface area contributed by atoms with Gasteiger partial charge in [-0.25, -0.2) is 4.79 Å². The summed E-state index contributed by atoms with van der Waals surface area (Å²) in [6.45, 7) is 4.74. The van der Waals surface area contributed by atoms with Gasteiger partial charge in [-0.3, -0.25) is 9.69 Å². The van der Waals surface area contributed by atoms with E-state index < -0.39 is 5.97 Å². The minimum absolute atomic E-state index is 0.00113. The second kappa shape index (κ2) is 8.15. The van der Waals surface area contributed by atoms with Crippen molar-refractivity contribution in [2.45, 2.75) is 44.8 Å². The molecule has 0 radical (unpaired) electrons. The molecular weight excluding hydrogens is 306 g/mol. The summed E-state index contributed by atoms with van der Waals surface area (Å²) in [7, 11) is 1.80. The molecule has 1 atom stereocenters. The lowest BCUT2D eigenvalue weighted by Gasteiger charge is -2.43. The Morgan fingerprint density at radius 2 is 1.92 bits per heavy atom. The molecule has 0 saturated heterocycles. The van der Waals surface area contributed by atoms with Crippen LogP contribution >= 0.6 is 0 Å². The lowest BCUT2D eigenvalue weighted by Crippen LogP contribution is -2.56. The zero-order valence-corrected chi connectivity index (χ0v) is 14.6. The van der Waals surface area contributed by atoms with Gasteiger partial charge in [0.1, 0.15) is 0 Å². The molecule has 0 aromatic heterocycles. The summed E-state index contributed by atoms with van der Waals surface area (Å²) < 4.78 is 0. The second-order valence-electron chi connectivity index (χ2n) is 6.43. The number of likely N-dealkylation sites (N-methyl/N-ethyl adjacent to an activating group) is 1. The molecule has 1 aliphatic carbocycles. The monoisotopic (exact) mass is 333 g/mol. The normalized spacial score (nSPS) is 21.0. The average Bonchev–Trinajstić information content (AvgIpc) is 2.54. The first-order chi connectivity index (χ1) is 11.4. The first-order valence-corrected chi connectivity index (χ1v) is 8.46. The van der Waals surface area contributed by atoms with Gasteiger partial charge in [-0.05, 0) is 31.9 Å². The zero-order valence-electron chi connectivity index (χ0n) is 14.6. The van der Waals surface area contributed by atoms with E-state index in [2.05, 4.69) is 5.32 Å². The number of carbonyl (C=O) groups is 2. The number of carboxylic acid groups (broad SMARTS) is 1. The molecule has 0 heterocycles. The standard InChI is InChI=1S/C18H27N3O3/c1-4-21(12-17(22)23)16-10-15(11-16)19-18(24)20(3)13(2)14-8-6-5-7-9-14/h5-9,13,15-16H,4,10-12H2,1-3H3,(H,19,24)(H,22,23). The highest BCUT2D eigenvalue weighted by Crippen LogP contribution is 2.26. The van der Waals surface area contributed by atoms with Crippen LogP contribution in [0.1, 0.15) is 38.3 Å². The smallest absolute Gasteiger partial charge is 0.317 e. The molecule has 132 valence electrons. The zero-order chi connectivity index (χ0) is 17.7. The molecule has 1 fully saturated rings. The number of nitrogens with one attached hydrogen (secondary N) is 1. The van der Waals surface area contributed by atoms with E-state index in [-0.39, 0.29) is 30.7 Å². The highest BCUT2D eigenvalue weighted by molar-refractivity contribution is 5.75. The summed E-state index contributed by atoms with van der Waals surface area (Å²) in [5, 5.41) is 12.0. The first-order valence-electron chi connectivity index (χ1n) is 8.46. The van der Waals surface area contributed by atoms with Crippen LogP contribution in [0.5, 0.6) is 0 Å². The van der Waals surface area contributed by atoms with E-state index in [1.54, 1.807) is 11.9 Å². The van der Waals surface area contributed by atoms with Crippen LogP contribution in [0.25, 0.3) is 0 Å². The molecule has 1 saturated carbocycles. The average molecular weight is 333 g/mol. The largest absolute Gasteiger partial charge is 0.480 e. The summed E-state index contributed by atoms with van der Waals surface area (Å²) in [6, 6.07) is 10.2. The van der Waals surface area contributed by atoms with Crippen LogP contribution in [0.4, 0.5) is 4.79 Å². The SMILES string of the molecule is CCN(CC(=O)O)C1CC(NC(=O)N(C)C(C)c2ccccc2)C1. The van der Waals surface area contributed by atoms with Gasteiger partial charge in [0.05, 0.1) is 12.6 Å². The highest BCUT2D eigenvalue weighted by atomic mass is 16.4. The minimum Gasteiger partial charge on any atom is -0.480 e. The maximum atomic E-state index is 12.4. The summed E-state index contributed by atoms with van der Waals surface area (Å²) >= 11 is 0. The van der Waals surface area contributed by atoms with E-state index >= 15 is 0 Å². The molecule has 0 spiro atoms. The number of hydrogen-bond donors (Lipinski definition) is 2. The molecule has 0 bridgehead atoms. The van der Waals surface area contributed by atoms with Gasteiger partial charge < -0.3 is 15.3 Å². The Morgan fingerprint density at radius 1 is 1.29 bits per heavy atom. The predicted molar refractivity (Wildman–Crippen MR) is 92.8 cm³/mol. The number of amides is 2. The van der Waals surface area contributed by atoms with Crippen molar-refractivity contribution >= 4 is 12.0 Å². The van der Waals surface area contributed by atoms with Gasteiger partial charge in [0, 0.05) is 19.1 Å². The van der Waals surface area contributed by atoms with Gasteiger partial charge in [0.25, 0.3) is 0 Å². The van der Waals surface area contributed by atoms with E-state index in [0.29, 0.717) is 6.54 Å². The van der Waals surface area contributed by atoms with Crippen molar-refractivity contribution in [3.05, 3.63) is 35.9 Å². The highest BCUT2D eigenvalue weighted by Gasteiger charge is 2.35. The molecule has 1 aromatic carbocycles. The topological polar surface area (TPSA) is 72.9 Å². The van der Waals surface area contributed by atoms with Crippen LogP contribution < -0.4 is 5.32 Å². The van der Waals surface area contributed by atoms with Gasteiger partial charge in [-0.15, -0.1) is 0 Å². The molecule has 2 amide bonds. The van der Waals surface area contributed by atoms with Crippen LogP contribution in [0.15, 0.2) is 30.3 Å². The summed E-state index contributed by atoms with van der Waals surface area (Å²) in [5.41, 5.74) is 1.10. The maximum absolute atomic E-state index is 12.4. The molecule has 0 aliphatic heterocycles. The van der Waals surface area contributed by atoms with E-state index in [0.717, 1.165) is 18.4 Å². The predicted octanol–water partition coefficient (Wildman–Crippen LogP) is 2.33. The molecule has 6 heteroatoms. The van der Waals surface area contributed by atoms with Crippen LogP contribution in [0.2, 0.25) is 0 Å². The number of carbonyl (C=O) groups excluding carboxylic acids is 1. The molecule has 1 unspecified atom stereocenters. The lowest BCUT2D eigenvalue weighted by molar-refractivity contribution is -0.139. The van der Waals surface area contributed by atoms with Gasteiger partial charge >= 0.3 is 12.0 Å². The Labute approximate surface area is 143 Å². The van der Waals surface area contributed by atoms with E-state index in [1.165, 1.54) is 0 Å². The van der Waals surface area contributed by atoms with E-state index in [9.17, 15) is 9.59 Å². The molecule has 6 nitrogen and oxygen atoms in total.